The average Bonchev–Trinajstić information content (AvgIpc) is 3.23. The molecule has 0 spiro atoms. The maximum absolute atomic E-state index is 15.3. The van der Waals surface area contributed by atoms with Crippen molar-refractivity contribution in [1.29, 1.82) is 5.26 Å². The van der Waals surface area contributed by atoms with E-state index >= 15 is 4.39 Å². The smallest absolute Gasteiger partial charge is 0.307 e. The summed E-state index contributed by atoms with van der Waals surface area (Å²) < 4.78 is 15.3. The van der Waals surface area contributed by atoms with Crippen LogP contribution in [0.2, 0.25) is 0 Å². The normalized spacial score (nSPS) is 37.0. The number of rotatable bonds is 6. The first-order chi connectivity index (χ1) is 11.9. The van der Waals surface area contributed by atoms with Crippen LogP contribution in [0.5, 0.6) is 0 Å². The predicted octanol–water partition coefficient (Wildman–Crippen LogP) is 2.48. The fourth-order valence-electron chi connectivity index (χ4n) is 5.38. The number of nitrogens with two attached hydrogens (primary N) is 1. The zero-order valence-corrected chi connectivity index (χ0v) is 14.0. The van der Waals surface area contributed by atoms with Crippen molar-refractivity contribution in [1.82, 2.24) is 0 Å². The number of aliphatic carboxylic acids is 1. The van der Waals surface area contributed by atoms with Crippen LogP contribution in [0.15, 0.2) is 30.3 Å². The van der Waals surface area contributed by atoms with Crippen molar-refractivity contribution in [2.45, 2.75) is 25.9 Å². The van der Waals surface area contributed by atoms with Crippen LogP contribution in [0, 0.1) is 39.9 Å². The Morgan fingerprint density at radius 2 is 2.08 bits per heavy atom. The Morgan fingerprint density at radius 1 is 1.44 bits per heavy atom. The molecule has 3 N–H and O–H groups in total. The number of alkyl halides is 1. The zero-order valence-electron chi connectivity index (χ0n) is 14.0. The molecule has 0 aromatic heterocycles. The number of carboxylic acid groups (broad SMARTS) is 1. The molecule has 0 radical (unpaired) electrons. The van der Waals surface area contributed by atoms with Crippen LogP contribution in [0.3, 0.4) is 0 Å². The van der Waals surface area contributed by atoms with Gasteiger partial charge in [-0.1, -0.05) is 37.3 Å². The lowest BCUT2D eigenvalue weighted by Gasteiger charge is -2.38. The lowest BCUT2D eigenvalue weighted by Crippen LogP contribution is -2.45. The number of hydrogen-bond acceptors (Lipinski definition) is 4. The minimum Gasteiger partial charge on any atom is -0.481 e. The molecule has 6 unspecified atom stereocenters. The molecule has 5 nitrogen and oxygen atoms in total. The van der Waals surface area contributed by atoms with Gasteiger partial charge in [-0.05, 0) is 24.3 Å². The number of carbonyl (C=O) groups is 2. The molecule has 0 bridgehead atoms. The van der Waals surface area contributed by atoms with E-state index in [2.05, 4.69) is 6.07 Å². The lowest BCUT2D eigenvalue weighted by atomic mass is 9.61. The summed E-state index contributed by atoms with van der Waals surface area (Å²) in [5, 5.41) is 19.5. The van der Waals surface area contributed by atoms with Gasteiger partial charge in [-0.3, -0.25) is 9.59 Å². The van der Waals surface area contributed by atoms with E-state index in [0.717, 1.165) is 0 Å². The average molecular weight is 344 g/mol. The van der Waals surface area contributed by atoms with Crippen molar-refractivity contribution in [3.63, 3.8) is 0 Å². The topological polar surface area (TPSA) is 104 Å². The third kappa shape index (κ3) is 2.02. The Labute approximate surface area is 145 Å². The molecule has 2 fully saturated rings. The highest BCUT2D eigenvalue weighted by Crippen LogP contribution is 2.80. The maximum atomic E-state index is 15.3. The van der Waals surface area contributed by atoms with Crippen molar-refractivity contribution in [3.05, 3.63) is 35.9 Å². The molecule has 0 saturated heterocycles. The largest absolute Gasteiger partial charge is 0.481 e. The van der Waals surface area contributed by atoms with Crippen molar-refractivity contribution < 1.29 is 19.1 Å². The summed E-state index contributed by atoms with van der Waals surface area (Å²) in [6.45, 7) is 1.39. The van der Waals surface area contributed by atoms with E-state index in [9.17, 15) is 20.0 Å². The van der Waals surface area contributed by atoms with Crippen LogP contribution in [0.25, 0.3) is 0 Å². The van der Waals surface area contributed by atoms with Crippen LogP contribution in [-0.4, -0.2) is 23.4 Å². The van der Waals surface area contributed by atoms with E-state index < -0.39 is 46.5 Å². The molecule has 1 aromatic carbocycles. The van der Waals surface area contributed by atoms with Gasteiger partial charge >= 0.3 is 5.97 Å². The van der Waals surface area contributed by atoms with Crippen LogP contribution < -0.4 is 5.73 Å². The van der Waals surface area contributed by atoms with Gasteiger partial charge in [0.25, 0.3) is 0 Å². The van der Waals surface area contributed by atoms with Gasteiger partial charge in [0.1, 0.15) is 6.17 Å². The van der Waals surface area contributed by atoms with E-state index in [1.54, 1.807) is 37.3 Å². The number of carbonyl (C=O) groups excluding carboxylic acids is 1. The number of benzene rings is 1. The van der Waals surface area contributed by atoms with Crippen molar-refractivity contribution in [3.8, 4) is 6.07 Å². The molecule has 0 aliphatic heterocycles. The van der Waals surface area contributed by atoms with E-state index in [-0.39, 0.29) is 19.4 Å². The van der Waals surface area contributed by atoms with Crippen LogP contribution >= 0.6 is 0 Å². The van der Waals surface area contributed by atoms with Crippen LogP contribution in [0.1, 0.15) is 31.5 Å². The Hall–Kier alpha value is -2.26. The number of ketones is 1. The van der Waals surface area contributed by atoms with Crippen molar-refractivity contribution in [2.24, 2.45) is 34.3 Å². The first-order valence-electron chi connectivity index (χ1n) is 8.48. The molecule has 2 saturated carbocycles. The highest BCUT2D eigenvalue weighted by molar-refractivity contribution is 5.99. The second kappa shape index (κ2) is 5.92. The van der Waals surface area contributed by atoms with E-state index in [1.807, 2.05) is 0 Å². The van der Waals surface area contributed by atoms with Gasteiger partial charge < -0.3 is 10.8 Å². The minimum atomic E-state index is -1.43. The van der Waals surface area contributed by atoms with Gasteiger partial charge in [-0.2, -0.15) is 5.26 Å². The van der Waals surface area contributed by atoms with Crippen molar-refractivity contribution >= 4 is 11.8 Å². The van der Waals surface area contributed by atoms with Gasteiger partial charge in [-0.25, -0.2) is 4.39 Å². The molecule has 1 aromatic rings. The SMILES string of the molecule is CCC1(C#N)C(C(F)c2ccccc2)CC2C(C(=O)O)C21C(=O)CN. The summed E-state index contributed by atoms with van der Waals surface area (Å²) in [7, 11) is 0. The molecule has 25 heavy (non-hydrogen) atoms. The summed E-state index contributed by atoms with van der Waals surface area (Å²) in [5.41, 5.74) is 3.28. The van der Waals surface area contributed by atoms with Crippen LogP contribution in [-0.2, 0) is 9.59 Å². The second-order valence-electron chi connectivity index (χ2n) is 7.01. The monoisotopic (exact) mass is 344 g/mol. The van der Waals surface area contributed by atoms with Gasteiger partial charge in [0.2, 0.25) is 0 Å². The predicted molar refractivity (Wildman–Crippen MR) is 87.8 cm³/mol. The standard InChI is InChI=1S/C19H21FN2O3/c1-2-18(10-22)13(16(20)11-6-4-3-5-7-11)8-12-15(17(24)25)19(12,18)14(23)9-21/h3-7,12-13,15-16H,2,8-9,21H2,1H3,(H,24,25). The van der Waals surface area contributed by atoms with E-state index in [0.29, 0.717) is 5.56 Å². The number of carboxylic acids is 1. The van der Waals surface area contributed by atoms with E-state index in [4.69, 9.17) is 5.73 Å². The third-order valence-corrected chi connectivity index (χ3v) is 6.39. The fourth-order valence-corrected chi connectivity index (χ4v) is 5.38. The number of halogens is 1. The van der Waals surface area contributed by atoms with Gasteiger partial charge in [-0.15, -0.1) is 0 Å². The summed E-state index contributed by atoms with van der Waals surface area (Å²) in [5.74, 6) is -3.72. The third-order valence-electron chi connectivity index (χ3n) is 6.39. The Kier molecular flexibility index (Phi) is 4.16. The molecule has 2 aliphatic rings. The van der Waals surface area contributed by atoms with Gasteiger partial charge in [0.05, 0.1) is 29.4 Å². The first-order valence-corrected chi connectivity index (χ1v) is 8.48. The Morgan fingerprint density at radius 3 is 2.56 bits per heavy atom. The van der Waals surface area contributed by atoms with Crippen LogP contribution in [0.4, 0.5) is 4.39 Å². The highest BCUT2D eigenvalue weighted by Gasteiger charge is 2.86. The van der Waals surface area contributed by atoms with Gasteiger partial charge in [0.15, 0.2) is 5.78 Å². The maximum Gasteiger partial charge on any atom is 0.307 e. The molecular weight excluding hydrogens is 323 g/mol. The summed E-state index contributed by atoms with van der Waals surface area (Å²) in [6, 6.07) is 10.7. The molecule has 0 amide bonds. The first kappa shape index (κ1) is 17.6. The van der Waals surface area contributed by atoms with E-state index in [1.165, 1.54) is 0 Å². The molecule has 132 valence electrons. The zero-order chi connectivity index (χ0) is 18.4. The summed E-state index contributed by atoms with van der Waals surface area (Å²) >= 11 is 0. The summed E-state index contributed by atoms with van der Waals surface area (Å²) in [6.07, 6.45) is -1.00. The number of nitrogens with zero attached hydrogens (tertiary/aromatic N) is 1. The molecule has 6 heteroatoms. The summed E-state index contributed by atoms with van der Waals surface area (Å²) in [4.78, 5) is 24.3. The second-order valence-corrected chi connectivity index (χ2v) is 7.01. The van der Waals surface area contributed by atoms with Crippen molar-refractivity contribution in [2.75, 3.05) is 6.54 Å². The molecule has 2 aliphatic carbocycles. The number of nitriles is 1. The molecule has 0 heterocycles. The Balaban J connectivity index is 2.09. The fraction of sp³-hybridized carbons (Fsp3) is 0.526. The molecular formula is C19H21FN2O3. The Bertz CT molecular complexity index is 747. The number of hydrogen-bond donors (Lipinski definition) is 2. The number of Topliss-reactive ketones (excluding diaryl/α,β-unsaturated/α-hetero) is 1. The quantitative estimate of drug-likeness (QED) is 0.825. The lowest BCUT2D eigenvalue weighted by molar-refractivity contribution is -0.144. The number of fused-ring (bicyclic) bond motifs is 1. The van der Waals surface area contributed by atoms with Gasteiger partial charge in [0, 0.05) is 5.92 Å². The molecule has 6 atom stereocenters. The molecule has 3 rings (SSSR count). The highest BCUT2D eigenvalue weighted by atomic mass is 19.1. The minimum absolute atomic E-state index is 0.208.